The van der Waals surface area contributed by atoms with Crippen molar-refractivity contribution in [1.82, 2.24) is 0 Å². The van der Waals surface area contributed by atoms with Crippen molar-refractivity contribution in [1.29, 1.82) is 0 Å². The molecule has 34 heavy (non-hydrogen) atoms. The van der Waals surface area contributed by atoms with E-state index in [0.29, 0.717) is 41.4 Å². The van der Waals surface area contributed by atoms with Gasteiger partial charge in [0.25, 0.3) is 0 Å². The van der Waals surface area contributed by atoms with Gasteiger partial charge in [0.1, 0.15) is 29.2 Å². The quantitative estimate of drug-likeness (QED) is 0.120. The second kappa shape index (κ2) is 16.8. The van der Waals surface area contributed by atoms with Gasteiger partial charge in [-0.05, 0) is 61.6 Å². The molecule has 0 aliphatic carbocycles. The first-order valence-corrected chi connectivity index (χ1v) is 12.6. The predicted molar refractivity (Wildman–Crippen MR) is 141 cm³/mol. The molecule has 2 aromatic rings. The molecule has 5 nitrogen and oxygen atoms in total. The van der Waals surface area contributed by atoms with Gasteiger partial charge in [0.05, 0.1) is 29.5 Å². The molecule has 2 aromatic carbocycles. The van der Waals surface area contributed by atoms with Gasteiger partial charge in [-0.2, -0.15) is 0 Å². The van der Waals surface area contributed by atoms with Gasteiger partial charge in [-0.15, -0.1) is 0 Å². The first-order chi connectivity index (χ1) is 16.5. The smallest absolute Gasteiger partial charge is 0.156 e. The summed E-state index contributed by atoms with van der Waals surface area (Å²) < 4.78 is 17.2. The van der Waals surface area contributed by atoms with Gasteiger partial charge >= 0.3 is 0 Å². The highest BCUT2D eigenvalue weighted by atomic mass is 35.5. The molecule has 0 N–H and O–H groups in total. The van der Waals surface area contributed by atoms with Crippen molar-refractivity contribution in [2.24, 2.45) is 5.16 Å². The molecule has 9 heteroatoms. The van der Waals surface area contributed by atoms with Gasteiger partial charge in [-0.25, -0.2) is 0 Å². The highest BCUT2D eigenvalue weighted by molar-refractivity contribution is 6.55. The average Bonchev–Trinajstić information content (AvgIpc) is 2.80. The standard InChI is InChI=1S/C25H29Cl4NO4/c1-2-3-14-34-30-18-19-7-9-20(10-8-19)31-12-5-4-6-13-33-25-22(26)16-21(17-23(25)27)32-15-11-24(28)29/h7-11,16-18H,2-6,12-15H2,1H3/b30-18+. The highest BCUT2D eigenvalue weighted by Crippen LogP contribution is 2.37. The molecule has 0 amide bonds. The molecule has 0 heterocycles. The maximum atomic E-state index is 6.27. The molecule has 0 saturated carbocycles. The van der Waals surface area contributed by atoms with Crippen LogP contribution in [0, 0.1) is 0 Å². The topological polar surface area (TPSA) is 49.3 Å². The van der Waals surface area contributed by atoms with E-state index in [4.69, 9.17) is 65.5 Å². The van der Waals surface area contributed by atoms with Crippen molar-refractivity contribution in [3.63, 3.8) is 0 Å². The summed E-state index contributed by atoms with van der Waals surface area (Å²) in [5.41, 5.74) is 0.967. The largest absolute Gasteiger partial charge is 0.494 e. The third-order valence-corrected chi connectivity index (χ3v) is 5.38. The molecular weight excluding hydrogens is 520 g/mol. The summed E-state index contributed by atoms with van der Waals surface area (Å²) in [4.78, 5) is 5.19. The zero-order chi connectivity index (χ0) is 24.6. The van der Waals surface area contributed by atoms with Crippen molar-refractivity contribution in [2.45, 2.75) is 39.0 Å². The molecule has 0 aliphatic rings. The van der Waals surface area contributed by atoms with Gasteiger partial charge in [-0.1, -0.05) is 64.9 Å². The molecule has 0 unspecified atom stereocenters. The van der Waals surface area contributed by atoms with Crippen LogP contribution in [0.4, 0.5) is 0 Å². The maximum Gasteiger partial charge on any atom is 0.156 e. The monoisotopic (exact) mass is 547 g/mol. The summed E-state index contributed by atoms with van der Waals surface area (Å²) in [6, 6.07) is 11.0. The Morgan fingerprint density at radius 1 is 0.824 bits per heavy atom. The van der Waals surface area contributed by atoms with Crippen molar-refractivity contribution in [3.05, 3.63) is 62.6 Å². The number of nitrogens with zero attached hydrogens (tertiary/aromatic N) is 1. The summed E-state index contributed by atoms with van der Waals surface area (Å²) in [5.74, 6) is 1.77. The van der Waals surface area contributed by atoms with Crippen LogP contribution in [0.1, 0.15) is 44.6 Å². The number of benzene rings is 2. The SMILES string of the molecule is CCCCO/N=C/c1ccc(OCCCCCOc2c(Cl)cc(OCC=C(Cl)Cl)cc2Cl)cc1. The number of unbranched alkanes of at least 4 members (excludes halogenated alkanes) is 3. The number of oxime groups is 1. The van der Waals surface area contributed by atoms with Crippen LogP contribution >= 0.6 is 46.4 Å². The third-order valence-electron chi connectivity index (χ3n) is 4.51. The van der Waals surface area contributed by atoms with Gasteiger partial charge in [-0.3, -0.25) is 0 Å². The zero-order valence-corrected chi connectivity index (χ0v) is 22.1. The number of halogens is 4. The van der Waals surface area contributed by atoms with E-state index in [1.165, 1.54) is 6.08 Å². The lowest BCUT2D eigenvalue weighted by Gasteiger charge is -2.12. The van der Waals surface area contributed by atoms with E-state index >= 15 is 0 Å². The molecule has 0 bridgehead atoms. The van der Waals surface area contributed by atoms with E-state index in [1.807, 2.05) is 24.3 Å². The van der Waals surface area contributed by atoms with Crippen LogP contribution in [0.2, 0.25) is 10.0 Å². The van der Waals surface area contributed by atoms with E-state index in [1.54, 1.807) is 18.3 Å². The highest BCUT2D eigenvalue weighted by Gasteiger charge is 2.10. The van der Waals surface area contributed by atoms with E-state index in [9.17, 15) is 0 Å². The molecule has 0 saturated heterocycles. The van der Waals surface area contributed by atoms with Crippen LogP contribution in [0.5, 0.6) is 17.2 Å². The Morgan fingerprint density at radius 2 is 1.50 bits per heavy atom. The Labute approximate surface area is 221 Å². The van der Waals surface area contributed by atoms with Crippen LogP contribution in [0.15, 0.2) is 52.1 Å². The molecule has 2 rings (SSSR count). The summed E-state index contributed by atoms with van der Waals surface area (Å²) in [6.45, 7) is 4.10. The minimum Gasteiger partial charge on any atom is -0.494 e. The first kappa shape index (κ1) is 28.4. The van der Waals surface area contributed by atoms with Crippen LogP contribution in [0.25, 0.3) is 0 Å². The van der Waals surface area contributed by atoms with Gasteiger partial charge in [0.15, 0.2) is 5.75 Å². The summed E-state index contributed by atoms with van der Waals surface area (Å²) in [5, 5.41) is 4.72. The second-order valence-electron chi connectivity index (χ2n) is 7.27. The Bertz CT molecular complexity index is 893. The van der Waals surface area contributed by atoms with E-state index in [2.05, 4.69) is 12.1 Å². The Morgan fingerprint density at radius 3 is 2.15 bits per heavy atom. The molecule has 0 fully saturated rings. The summed E-state index contributed by atoms with van der Waals surface area (Å²) >= 11 is 23.7. The van der Waals surface area contributed by atoms with Crippen molar-refractivity contribution >= 4 is 52.6 Å². The zero-order valence-electron chi connectivity index (χ0n) is 19.1. The number of rotatable bonds is 16. The molecule has 0 aliphatic heterocycles. The van der Waals surface area contributed by atoms with Crippen LogP contribution in [-0.4, -0.2) is 32.6 Å². The third kappa shape index (κ3) is 11.6. The lowest BCUT2D eigenvalue weighted by Crippen LogP contribution is -2.02. The fourth-order valence-electron chi connectivity index (χ4n) is 2.71. The van der Waals surface area contributed by atoms with Gasteiger partial charge < -0.3 is 19.0 Å². The number of hydrogen-bond acceptors (Lipinski definition) is 5. The molecule has 186 valence electrons. The van der Waals surface area contributed by atoms with Crippen molar-refractivity contribution in [3.8, 4) is 17.2 Å². The average molecular weight is 549 g/mol. The number of ether oxygens (including phenoxy) is 3. The van der Waals surface area contributed by atoms with Gasteiger partial charge in [0, 0.05) is 12.1 Å². The minimum absolute atomic E-state index is 0.134. The normalized spacial score (nSPS) is 10.9. The molecule has 0 spiro atoms. The summed E-state index contributed by atoms with van der Waals surface area (Å²) in [7, 11) is 0. The first-order valence-electron chi connectivity index (χ1n) is 11.1. The fraction of sp³-hybridized carbons (Fsp3) is 0.400. The minimum atomic E-state index is 0.134. The summed E-state index contributed by atoms with van der Waals surface area (Å²) in [6.07, 6.45) is 8.02. The van der Waals surface area contributed by atoms with E-state index in [0.717, 1.165) is 43.4 Å². The number of hydrogen-bond donors (Lipinski definition) is 0. The predicted octanol–water partition coefficient (Wildman–Crippen LogP) is 8.47. The van der Waals surface area contributed by atoms with Crippen LogP contribution < -0.4 is 14.2 Å². The van der Waals surface area contributed by atoms with Crippen molar-refractivity contribution in [2.75, 3.05) is 26.4 Å². The molecule has 0 aromatic heterocycles. The molecule has 0 atom stereocenters. The van der Waals surface area contributed by atoms with Crippen LogP contribution in [-0.2, 0) is 4.84 Å². The Hall–Kier alpha value is -1.79. The van der Waals surface area contributed by atoms with Gasteiger partial charge in [0.2, 0.25) is 0 Å². The second-order valence-corrected chi connectivity index (χ2v) is 9.09. The molecule has 0 radical (unpaired) electrons. The molecular formula is C25H29Cl4NO4. The lowest BCUT2D eigenvalue weighted by atomic mass is 10.2. The Balaban J connectivity index is 1.62. The van der Waals surface area contributed by atoms with Crippen LogP contribution in [0.3, 0.4) is 0 Å². The van der Waals surface area contributed by atoms with Crippen molar-refractivity contribution < 1.29 is 19.0 Å². The fourth-order valence-corrected chi connectivity index (χ4v) is 3.42. The van der Waals surface area contributed by atoms with E-state index in [-0.39, 0.29) is 11.1 Å². The van der Waals surface area contributed by atoms with E-state index < -0.39 is 0 Å². The maximum absolute atomic E-state index is 6.27. The lowest BCUT2D eigenvalue weighted by molar-refractivity contribution is 0.143. The Kier molecular flexibility index (Phi) is 14.0.